The molecule has 5 aliphatic rings. The molecule has 3 aromatic carbocycles. The molecule has 16 nitrogen and oxygen atoms in total. The average Bonchev–Trinajstić information content (AvgIpc) is 3.90. The molecule has 4 fully saturated rings. The van der Waals surface area contributed by atoms with Gasteiger partial charge in [0.2, 0.25) is 17.7 Å². The van der Waals surface area contributed by atoms with Gasteiger partial charge in [0.15, 0.2) is 5.78 Å². The maximum atomic E-state index is 13.9. The standard InChI is InChI=1S/C52H56ClN9O7/c53-42-28-37(69-36-4-2-1-3-5-36)11-13-39(42)47(65)41-29-54-48-46(41)49(56-30-55-48)58-34-8-6-33(7-9-34)57-45(64)26-32-17-22-60(23-18-32)21-16-31-19-24-61(25-20-31)35-10-12-38-40(27-35)52(68)62(51(38)67)43-14-15-44(63)59-50(43)66/h1-5,10-13,27-34,43H,6-9,14-26H2,(H,57,64)(H,59,63,66)(H2,54,55,56,58). The SMILES string of the molecule is O=C1CCC(N2C(=O)c3ccc(N4CCC(CCN5CCC(CC(=O)NC6CCC(Nc7ncnc8[nH]cc(C(=O)c9ccc(Oc%10ccccc%10)cc9Cl)c78)CC6)CC5)CC4)cc3C2=O)C(=O)N1. The van der Waals surface area contributed by atoms with E-state index in [1.165, 1.54) is 6.33 Å². The molecule has 4 aliphatic heterocycles. The van der Waals surface area contributed by atoms with Crippen LogP contribution in [0.5, 0.6) is 11.5 Å². The number of aromatic nitrogens is 3. The molecule has 0 spiro atoms. The van der Waals surface area contributed by atoms with E-state index >= 15 is 0 Å². The number of halogens is 1. The minimum atomic E-state index is -0.973. The molecule has 17 heteroatoms. The minimum Gasteiger partial charge on any atom is -0.457 e. The van der Waals surface area contributed by atoms with Crippen LogP contribution in [0.2, 0.25) is 5.02 Å². The number of nitrogens with zero attached hydrogens (tertiary/aromatic N) is 5. The lowest BCUT2D eigenvalue weighted by atomic mass is 9.89. The molecule has 1 aliphatic carbocycles. The molecule has 10 rings (SSSR count). The van der Waals surface area contributed by atoms with Crippen LogP contribution in [0.3, 0.4) is 0 Å². The van der Waals surface area contributed by atoms with Crippen LogP contribution in [0, 0.1) is 11.8 Å². The second-order valence-corrected chi connectivity index (χ2v) is 19.6. The molecular formula is C52H56ClN9O7. The molecule has 69 heavy (non-hydrogen) atoms. The third kappa shape index (κ3) is 10.1. The van der Waals surface area contributed by atoms with Crippen molar-refractivity contribution < 1.29 is 33.5 Å². The number of rotatable bonds is 14. The van der Waals surface area contributed by atoms with Crippen molar-refractivity contribution in [3.8, 4) is 11.5 Å². The summed E-state index contributed by atoms with van der Waals surface area (Å²) in [6.07, 6.45) is 12.5. The summed E-state index contributed by atoms with van der Waals surface area (Å²) in [6.45, 7) is 4.76. The number of amides is 5. The molecule has 1 atom stereocenters. The van der Waals surface area contributed by atoms with Crippen LogP contribution in [0.15, 0.2) is 79.3 Å². The topological polar surface area (TPSA) is 199 Å². The summed E-state index contributed by atoms with van der Waals surface area (Å²) in [4.78, 5) is 95.7. The summed E-state index contributed by atoms with van der Waals surface area (Å²) in [6, 6.07) is 19.0. The van der Waals surface area contributed by atoms with Gasteiger partial charge in [-0.05, 0) is 138 Å². The van der Waals surface area contributed by atoms with Crippen molar-refractivity contribution in [2.24, 2.45) is 11.8 Å². The first kappa shape index (κ1) is 46.1. The fourth-order valence-electron chi connectivity index (χ4n) is 10.8. The van der Waals surface area contributed by atoms with Crippen LogP contribution in [-0.4, -0.2) is 111 Å². The average molecular weight is 955 g/mol. The van der Waals surface area contributed by atoms with E-state index < -0.39 is 29.7 Å². The Labute approximate surface area is 404 Å². The summed E-state index contributed by atoms with van der Waals surface area (Å²) in [5.74, 6) is 0.679. The van der Waals surface area contributed by atoms with Gasteiger partial charge >= 0.3 is 0 Å². The highest BCUT2D eigenvalue weighted by Gasteiger charge is 2.45. The number of ketones is 1. The van der Waals surface area contributed by atoms with E-state index in [4.69, 9.17) is 16.3 Å². The van der Waals surface area contributed by atoms with Gasteiger partial charge in [0, 0.05) is 61.5 Å². The number of hydrogen-bond donors (Lipinski definition) is 4. The Balaban J connectivity index is 0.634. The molecule has 6 heterocycles. The Morgan fingerprint density at radius 1 is 0.754 bits per heavy atom. The predicted molar refractivity (Wildman–Crippen MR) is 260 cm³/mol. The first-order chi connectivity index (χ1) is 33.5. The second kappa shape index (κ2) is 20.1. The molecule has 4 N–H and O–H groups in total. The quantitative estimate of drug-likeness (QED) is 0.0642. The molecule has 0 bridgehead atoms. The van der Waals surface area contributed by atoms with Crippen molar-refractivity contribution >= 4 is 69.5 Å². The number of H-pyrrole nitrogens is 1. The maximum absolute atomic E-state index is 13.9. The lowest BCUT2D eigenvalue weighted by Gasteiger charge is -2.36. The highest BCUT2D eigenvalue weighted by molar-refractivity contribution is 6.36. The fourth-order valence-corrected chi connectivity index (χ4v) is 11.1. The van der Waals surface area contributed by atoms with Crippen LogP contribution in [-0.2, 0) is 14.4 Å². The fraction of sp³-hybridized carbons (Fsp3) is 0.423. The Hall–Kier alpha value is -6.65. The van der Waals surface area contributed by atoms with Gasteiger partial charge in [-0.15, -0.1) is 0 Å². The predicted octanol–water partition coefficient (Wildman–Crippen LogP) is 7.28. The van der Waals surface area contributed by atoms with Crippen LogP contribution in [0.1, 0.15) is 114 Å². The van der Waals surface area contributed by atoms with Gasteiger partial charge in [-0.25, -0.2) is 9.97 Å². The summed E-state index contributed by atoms with van der Waals surface area (Å²) >= 11 is 6.64. The number of likely N-dealkylation sites (tertiary alicyclic amines) is 1. The number of carbonyl (C=O) groups excluding carboxylic acids is 6. The molecule has 2 aromatic heterocycles. The zero-order chi connectivity index (χ0) is 47.6. The normalized spacial score (nSPS) is 21.6. The van der Waals surface area contributed by atoms with Crippen molar-refractivity contribution in [3.05, 3.63) is 107 Å². The van der Waals surface area contributed by atoms with Crippen LogP contribution in [0.4, 0.5) is 11.5 Å². The zero-order valence-corrected chi connectivity index (χ0v) is 39.1. The van der Waals surface area contributed by atoms with Gasteiger partial charge in [-0.1, -0.05) is 29.8 Å². The molecule has 1 unspecified atom stereocenters. The molecular weight excluding hydrogens is 898 g/mol. The first-order valence-electron chi connectivity index (χ1n) is 24.3. The van der Waals surface area contributed by atoms with Crippen LogP contribution in [0.25, 0.3) is 11.0 Å². The highest BCUT2D eigenvalue weighted by Crippen LogP contribution is 2.35. The van der Waals surface area contributed by atoms with Crippen molar-refractivity contribution in [1.82, 2.24) is 35.4 Å². The van der Waals surface area contributed by atoms with E-state index in [9.17, 15) is 28.8 Å². The van der Waals surface area contributed by atoms with Crippen molar-refractivity contribution in [1.29, 1.82) is 0 Å². The van der Waals surface area contributed by atoms with Gasteiger partial charge in [-0.3, -0.25) is 39.0 Å². The number of anilines is 2. The lowest BCUT2D eigenvalue weighted by molar-refractivity contribution is -0.136. The van der Waals surface area contributed by atoms with Gasteiger partial charge in [0.05, 0.1) is 27.1 Å². The van der Waals surface area contributed by atoms with Crippen LogP contribution >= 0.6 is 11.6 Å². The first-order valence-corrected chi connectivity index (χ1v) is 24.7. The summed E-state index contributed by atoms with van der Waals surface area (Å²) < 4.78 is 5.90. The van der Waals surface area contributed by atoms with Gasteiger partial charge < -0.3 is 30.2 Å². The minimum absolute atomic E-state index is 0.0909. The van der Waals surface area contributed by atoms with Crippen LogP contribution < -0.4 is 25.6 Å². The molecule has 3 saturated heterocycles. The molecule has 5 amide bonds. The van der Waals surface area contributed by atoms with E-state index in [0.717, 1.165) is 101 Å². The molecule has 0 radical (unpaired) electrons. The number of hydrogen-bond acceptors (Lipinski definition) is 12. The second-order valence-electron chi connectivity index (χ2n) is 19.2. The van der Waals surface area contributed by atoms with Crippen molar-refractivity contribution in [3.63, 3.8) is 0 Å². The lowest BCUT2D eigenvalue weighted by Crippen LogP contribution is -2.54. The third-order valence-electron chi connectivity index (χ3n) is 14.7. The number of ether oxygens (including phenoxy) is 1. The van der Waals surface area contributed by atoms with E-state index in [0.29, 0.717) is 68.9 Å². The largest absolute Gasteiger partial charge is 0.457 e. The van der Waals surface area contributed by atoms with Gasteiger partial charge in [0.25, 0.3) is 11.8 Å². The molecule has 5 aromatic rings. The monoisotopic (exact) mass is 953 g/mol. The van der Waals surface area contributed by atoms with E-state index in [2.05, 4.69) is 40.7 Å². The van der Waals surface area contributed by atoms with Gasteiger partial charge in [-0.2, -0.15) is 0 Å². The number of nitrogens with one attached hydrogen (secondary N) is 4. The van der Waals surface area contributed by atoms with E-state index in [1.807, 2.05) is 36.4 Å². The Morgan fingerprint density at radius 2 is 1.49 bits per heavy atom. The number of imide groups is 2. The number of benzene rings is 3. The third-order valence-corrected chi connectivity index (χ3v) is 15.1. The summed E-state index contributed by atoms with van der Waals surface area (Å²) in [5, 5.41) is 10.1. The Bertz CT molecular complexity index is 2780. The van der Waals surface area contributed by atoms with Crippen molar-refractivity contribution in [2.75, 3.05) is 42.9 Å². The van der Waals surface area contributed by atoms with E-state index in [-0.39, 0.29) is 41.6 Å². The number of aromatic amines is 1. The molecule has 1 saturated carbocycles. The summed E-state index contributed by atoms with van der Waals surface area (Å²) in [7, 11) is 0. The number of piperidine rings is 3. The maximum Gasteiger partial charge on any atom is 0.262 e. The van der Waals surface area contributed by atoms with E-state index in [1.54, 1.807) is 36.5 Å². The smallest absolute Gasteiger partial charge is 0.262 e. The summed E-state index contributed by atoms with van der Waals surface area (Å²) in [5.41, 5.74) is 2.84. The number of para-hydroxylation sites is 1. The number of fused-ring (bicyclic) bond motifs is 2. The Kier molecular flexibility index (Phi) is 13.5. The van der Waals surface area contributed by atoms with Gasteiger partial charge in [0.1, 0.15) is 35.3 Å². The Morgan fingerprint density at radius 3 is 2.25 bits per heavy atom. The molecule has 358 valence electrons. The zero-order valence-electron chi connectivity index (χ0n) is 38.4. The highest BCUT2D eigenvalue weighted by atomic mass is 35.5. The van der Waals surface area contributed by atoms with Crippen molar-refractivity contribution in [2.45, 2.75) is 95.2 Å². The number of carbonyl (C=O) groups is 6.